The molecule has 0 radical (unpaired) electrons. The van der Waals surface area contributed by atoms with Gasteiger partial charge in [0.25, 0.3) is 0 Å². The van der Waals surface area contributed by atoms with Crippen molar-refractivity contribution in [3.05, 3.63) is 0 Å². The number of carbonyl (C=O) groups is 1. The van der Waals surface area contributed by atoms with Gasteiger partial charge in [-0.25, -0.2) is 0 Å². The zero-order valence-electron chi connectivity index (χ0n) is 11.8. The second-order valence-electron chi connectivity index (χ2n) is 6.40. The third-order valence-corrected chi connectivity index (χ3v) is 3.23. The average Bonchev–Trinajstić information content (AvgIpc) is 2.25. The summed E-state index contributed by atoms with van der Waals surface area (Å²) in [7, 11) is 0. The summed E-state index contributed by atoms with van der Waals surface area (Å²) in [5, 5.41) is 3.21. The molecule has 0 aromatic rings. The summed E-state index contributed by atoms with van der Waals surface area (Å²) < 4.78 is 11.3. The van der Waals surface area contributed by atoms with Gasteiger partial charge in [0.1, 0.15) is 6.04 Å². The highest BCUT2D eigenvalue weighted by Crippen LogP contribution is 2.28. The summed E-state index contributed by atoms with van der Waals surface area (Å²) in [6.07, 6.45) is 0. The van der Waals surface area contributed by atoms with E-state index >= 15 is 0 Å². The molecule has 0 bridgehead atoms. The van der Waals surface area contributed by atoms with Crippen LogP contribution >= 0.6 is 0 Å². The predicted molar refractivity (Wildman–Crippen MR) is 68.4 cm³/mol. The molecule has 0 aliphatic carbocycles. The van der Waals surface area contributed by atoms with Crippen LogP contribution < -0.4 is 5.32 Å². The molecular formula is C13H24N2O3. The Bertz CT molecular complexity index is 306. The van der Waals surface area contributed by atoms with Gasteiger partial charge in [-0.05, 0) is 27.7 Å². The summed E-state index contributed by atoms with van der Waals surface area (Å²) in [6, 6.07) is -0.205. The number of hydrogen-bond acceptors (Lipinski definition) is 4. The fraction of sp³-hybridized carbons (Fsp3) is 0.923. The Balaban J connectivity index is 2.05. The summed E-state index contributed by atoms with van der Waals surface area (Å²) in [5.41, 5.74) is -0.597. The van der Waals surface area contributed by atoms with E-state index in [1.54, 1.807) is 0 Å². The molecule has 1 N–H and O–H groups in total. The highest BCUT2D eigenvalue weighted by Gasteiger charge is 2.41. The number of nitrogens with one attached hydrogen (secondary N) is 1. The number of rotatable bonds is 1. The van der Waals surface area contributed by atoms with Crippen LogP contribution in [0.5, 0.6) is 0 Å². The maximum absolute atomic E-state index is 12.5. The maximum Gasteiger partial charge on any atom is 0.242 e. The van der Waals surface area contributed by atoms with E-state index in [0.717, 1.165) is 6.54 Å². The molecule has 0 aromatic heterocycles. The molecule has 2 aliphatic heterocycles. The molecule has 0 spiro atoms. The SMILES string of the molecule is CC1(C)CN(C(=O)C2COCCN2)CC(C)(C)O1. The van der Waals surface area contributed by atoms with Crippen molar-refractivity contribution < 1.29 is 14.3 Å². The van der Waals surface area contributed by atoms with Gasteiger partial charge in [0.05, 0.1) is 24.4 Å². The number of carbonyl (C=O) groups excluding carboxylic acids is 1. The Morgan fingerprint density at radius 3 is 2.33 bits per heavy atom. The van der Waals surface area contributed by atoms with Crippen LogP contribution in [-0.4, -0.2) is 60.9 Å². The van der Waals surface area contributed by atoms with E-state index in [-0.39, 0.29) is 23.2 Å². The lowest BCUT2D eigenvalue weighted by molar-refractivity contribution is -0.190. The van der Waals surface area contributed by atoms with Gasteiger partial charge in [-0.3, -0.25) is 4.79 Å². The number of amides is 1. The molecule has 5 nitrogen and oxygen atoms in total. The van der Waals surface area contributed by atoms with Gasteiger partial charge in [-0.1, -0.05) is 0 Å². The Morgan fingerprint density at radius 2 is 1.83 bits per heavy atom. The Hall–Kier alpha value is -0.650. The Morgan fingerprint density at radius 1 is 1.22 bits per heavy atom. The van der Waals surface area contributed by atoms with E-state index < -0.39 is 0 Å². The molecule has 2 saturated heterocycles. The maximum atomic E-state index is 12.5. The monoisotopic (exact) mass is 256 g/mol. The van der Waals surface area contributed by atoms with Gasteiger partial charge in [-0.2, -0.15) is 0 Å². The van der Waals surface area contributed by atoms with Crippen molar-refractivity contribution in [2.75, 3.05) is 32.8 Å². The third kappa shape index (κ3) is 3.22. The van der Waals surface area contributed by atoms with Crippen LogP contribution in [0.25, 0.3) is 0 Å². The third-order valence-electron chi connectivity index (χ3n) is 3.23. The molecule has 2 heterocycles. The quantitative estimate of drug-likeness (QED) is 0.737. The summed E-state index contributed by atoms with van der Waals surface area (Å²) in [4.78, 5) is 14.4. The first-order valence-electron chi connectivity index (χ1n) is 6.59. The molecule has 1 unspecified atom stereocenters. The Labute approximate surface area is 109 Å². The number of hydrogen-bond donors (Lipinski definition) is 1. The molecule has 2 fully saturated rings. The normalized spacial score (nSPS) is 31.1. The summed E-state index contributed by atoms with van der Waals surface area (Å²) in [5.74, 6) is 0.124. The summed E-state index contributed by atoms with van der Waals surface area (Å²) in [6.45, 7) is 11.3. The molecule has 2 aliphatic rings. The van der Waals surface area contributed by atoms with E-state index in [4.69, 9.17) is 9.47 Å². The zero-order chi connectivity index (χ0) is 13.4. The molecule has 0 aromatic carbocycles. The first-order valence-corrected chi connectivity index (χ1v) is 6.59. The van der Waals surface area contributed by atoms with Crippen molar-refractivity contribution >= 4 is 5.91 Å². The average molecular weight is 256 g/mol. The molecule has 18 heavy (non-hydrogen) atoms. The lowest BCUT2D eigenvalue weighted by Gasteiger charge is -2.48. The van der Waals surface area contributed by atoms with Crippen LogP contribution in [0.4, 0.5) is 0 Å². The Kier molecular flexibility index (Phi) is 3.67. The highest BCUT2D eigenvalue weighted by atomic mass is 16.5. The van der Waals surface area contributed by atoms with E-state index in [9.17, 15) is 4.79 Å². The second-order valence-corrected chi connectivity index (χ2v) is 6.40. The van der Waals surface area contributed by atoms with Crippen molar-refractivity contribution in [3.8, 4) is 0 Å². The van der Waals surface area contributed by atoms with Gasteiger partial charge >= 0.3 is 0 Å². The fourth-order valence-electron chi connectivity index (χ4n) is 2.89. The number of morpholine rings is 2. The smallest absolute Gasteiger partial charge is 0.242 e. The van der Waals surface area contributed by atoms with E-state index in [0.29, 0.717) is 26.3 Å². The first kappa shape index (κ1) is 13.8. The second kappa shape index (κ2) is 4.79. The highest BCUT2D eigenvalue weighted by molar-refractivity contribution is 5.82. The first-order chi connectivity index (χ1) is 8.29. The van der Waals surface area contributed by atoms with Gasteiger partial charge in [0.15, 0.2) is 0 Å². The van der Waals surface area contributed by atoms with Crippen LogP contribution in [0.2, 0.25) is 0 Å². The molecule has 1 atom stereocenters. The minimum atomic E-state index is -0.299. The van der Waals surface area contributed by atoms with Crippen LogP contribution in [0.1, 0.15) is 27.7 Å². The van der Waals surface area contributed by atoms with Crippen LogP contribution in [0.15, 0.2) is 0 Å². The molecule has 1 amide bonds. The topological polar surface area (TPSA) is 50.8 Å². The molecular weight excluding hydrogens is 232 g/mol. The summed E-state index contributed by atoms with van der Waals surface area (Å²) >= 11 is 0. The van der Waals surface area contributed by atoms with Gasteiger partial charge < -0.3 is 19.7 Å². The largest absolute Gasteiger partial charge is 0.378 e. The molecule has 0 saturated carbocycles. The fourth-order valence-corrected chi connectivity index (χ4v) is 2.89. The zero-order valence-corrected chi connectivity index (χ0v) is 11.8. The number of nitrogens with zero attached hydrogens (tertiary/aromatic N) is 1. The molecule has 104 valence electrons. The minimum absolute atomic E-state index is 0.124. The predicted octanol–water partition coefficient (Wildman–Crippen LogP) is 0.391. The van der Waals surface area contributed by atoms with Crippen molar-refractivity contribution in [1.82, 2.24) is 10.2 Å². The van der Waals surface area contributed by atoms with Crippen molar-refractivity contribution in [2.24, 2.45) is 0 Å². The van der Waals surface area contributed by atoms with Crippen molar-refractivity contribution in [1.29, 1.82) is 0 Å². The van der Waals surface area contributed by atoms with E-state index in [1.807, 2.05) is 32.6 Å². The van der Waals surface area contributed by atoms with E-state index in [2.05, 4.69) is 5.32 Å². The van der Waals surface area contributed by atoms with E-state index in [1.165, 1.54) is 0 Å². The number of ether oxygens (including phenoxy) is 2. The van der Waals surface area contributed by atoms with Gasteiger partial charge in [0.2, 0.25) is 5.91 Å². The van der Waals surface area contributed by atoms with Gasteiger partial charge in [-0.15, -0.1) is 0 Å². The lowest BCUT2D eigenvalue weighted by atomic mass is 9.98. The lowest BCUT2D eigenvalue weighted by Crippen LogP contribution is -2.62. The van der Waals surface area contributed by atoms with Crippen LogP contribution in [0.3, 0.4) is 0 Å². The van der Waals surface area contributed by atoms with Crippen molar-refractivity contribution in [2.45, 2.75) is 44.9 Å². The standard InChI is InChI=1S/C13H24N2O3/c1-12(2)8-15(9-13(3,4)18-12)11(16)10-7-17-6-5-14-10/h10,14H,5-9H2,1-4H3. The van der Waals surface area contributed by atoms with Crippen molar-refractivity contribution in [3.63, 3.8) is 0 Å². The molecule has 2 rings (SSSR count). The van der Waals surface area contributed by atoms with Gasteiger partial charge in [0, 0.05) is 19.6 Å². The van der Waals surface area contributed by atoms with Crippen LogP contribution in [0, 0.1) is 0 Å². The van der Waals surface area contributed by atoms with Crippen LogP contribution in [-0.2, 0) is 14.3 Å². The minimum Gasteiger partial charge on any atom is -0.378 e. The molecule has 5 heteroatoms.